The van der Waals surface area contributed by atoms with E-state index in [2.05, 4.69) is 6.92 Å². The number of fused-ring (bicyclic) bond motifs is 4. The number of carbonyl (C=O) groups is 2. The molecule has 4 aliphatic carbocycles. The first-order chi connectivity index (χ1) is 11.0. The lowest BCUT2D eigenvalue weighted by Crippen LogP contribution is -2.46. The normalized spacial score (nSPS) is 42.8. The molecule has 5 atom stereocenters. The summed E-state index contributed by atoms with van der Waals surface area (Å²) in [5.41, 5.74) is 2.88. The zero-order valence-electron chi connectivity index (χ0n) is 14.4. The van der Waals surface area contributed by atoms with Gasteiger partial charge in [0.15, 0.2) is 5.78 Å². The zero-order valence-corrected chi connectivity index (χ0v) is 14.4. The van der Waals surface area contributed by atoms with E-state index in [0.29, 0.717) is 23.5 Å². The molecule has 4 aliphatic rings. The van der Waals surface area contributed by atoms with Crippen LogP contribution in [0.15, 0.2) is 11.1 Å². The number of carbonyl (C=O) groups excluding carboxylic acids is 2. The van der Waals surface area contributed by atoms with Crippen LogP contribution in [0.3, 0.4) is 0 Å². The Morgan fingerprint density at radius 1 is 1.13 bits per heavy atom. The molecule has 0 unspecified atom stereocenters. The average molecular weight is 316 g/mol. The second-order valence-electron chi connectivity index (χ2n) is 8.42. The molecular weight excluding hydrogens is 288 g/mol. The average Bonchev–Trinajstić information content (AvgIpc) is 2.84. The van der Waals surface area contributed by atoms with Gasteiger partial charge >= 0.3 is 5.97 Å². The van der Waals surface area contributed by atoms with E-state index in [1.165, 1.54) is 37.3 Å². The largest absolute Gasteiger partial charge is 0.462 e. The molecule has 0 aromatic rings. The lowest BCUT2D eigenvalue weighted by molar-refractivity contribution is -0.155. The maximum atomic E-state index is 12.3. The van der Waals surface area contributed by atoms with Gasteiger partial charge in [-0.3, -0.25) is 9.59 Å². The van der Waals surface area contributed by atoms with Gasteiger partial charge < -0.3 is 4.74 Å². The second kappa shape index (κ2) is 5.46. The molecule has 23 heavy (non-hydrogen) atoms. The number of ether oxygens (including phenoxy) is 1. The van der Waals surface area contributed by atoms with Crippen LogP contribution >= 0.6 is 0 Å². The molecule has 4 rings (SSSR count). The lowest BCUT2D eigenvalue weighted by Gasteiger charge is -2.51. The van der Waals surface area contributed by atoms with Crippen LogP contribution in [0.25, 0.3) is 0 Å². The highest BCUT2D eigenvalue weighted by Gasteiger charge is 2.56. The van der Waals surface area contributed by atoms with E-state index in [4.69, 9.17) is 4.74 Å². The molecule has 0 aromatic heterocycles. The Balaban J connectivity index is 1.61. The van der Waals surface area contributed by atoms with Crippen molar-refractivity contribution in [2.75, 3.05) is 0 Å². The molecule has 2 saturated carbocycles. The first-order valence-electron chi connectivity index (χ1n) is 9.43. The van der Waals surface area contributed by atoms with Crippen LogP contribution in [0, 0.1) is 23.2 Å². The van der Waals surface area contributed by atoms with E-state index in [1.807, 2.05) is 0 Å². The maximum Gasteiger partial charge on any atom is 0.302 e. The SMILES string of the molecule is CC(=O)O[C@H]1CC[C@H]2[C@@H]3CCC4=C(CCCC4=O)[C@H]3CC[C@]12C. The quantitative estimate of drug-likeness (QED) is 0.681. The summed E-state index contributed by atoms with van der Waals surface area (Å²) in [5.74, 6) is 2.31. The van der Waals surface area contributed by atoms with Crippen molar-refractivity contribution < 1.29 is 14.3 Å². The van der Waals surface area contributed by atoms with Gasteiger partial charge in [0.1, 0.15) is 6.10 Å². The molecule has 0 amide bonds. The van der Waals surface area contributed by atoms with E-state index in [9.17, 15) is 9.59 Å². The van der Waals surface area contributed by atoms with E-state index in [-0.39, 0.29) is 17.5 Å². The molecule has 0 spiro atoms. The molecule has 126 valence electrons. The zero-order chi connectivity index (χ0) is 16.2. The number of esters is 1. The highest BCUT2D eigenvalue weighted by Crippen LogP contribution is 2.61. The molecule has 0 aliphatic heterocycles. The Hall–Kier alpha value is -1.12. The molecule has 0 saturated heterocycles. The summed E-state index contributed by atoms with van der Waals surface area (Å²) in [6.07, 6.45) is 9.78. The molecule has 0 bridgehead atoms. The molecule has 0 N–H and O–H groups in total. The number of hydrogen-bond donors (Lipinski definition) is 0. The van der Waals surface area contributed by atoms with Gasteiger partial charge in [-0.2, -0.15) is 0 Å². The number of hydrogen-bond acceptors (Lipinski definition) is 3. The number of ketones is 1. The van der Waals surface area contributed by atoms with Crippen LogP contribution in [-0.4, -0.2) is 17.9 Å². The van der Waals surface area contributed by atoms with Crippen molar-refractivity contribution in [3.8, 4) is 0 Å². The van der Waals surface area contributed by atoms with Gasteiger partial charge in [-0.15, -0.1) is 0 Å². The van der Waals surface area contributed by atoms with E-state index in [0.717, 1.165) is 38.5 Å². The van der Waals surface area contributed by atoms with Gasteiger partial charge in [0.05, 0.1) is 0 Å². The fourth-order valence-corrected chi connectivity index (χ4v) is 6.41. The third-order valence-electron chi connectivity index (χ3n) is 7.41. The molecule has 3 nitrogen and oxygen atoms in total. The first kappa shape index (κ1) is 15.4. The number of allylic oxidation sites excluding steroid dienone is 2. The van der Waals surface area contributed by atoms with Crippen molar-refractivity contribution in [3.05, 3.63) is 11.1 Å². The summed E-state index contributed by atoms with van der Waals surface area (Å²) in [7, 11) is 0. The Morgan fingerprint density at radius 3 is 2.74 bits per heavy atom. The highest BCUT2D eigenvalue weighted by molar-refractivity contribution is 5.97. The first-order valence-corrected chi connectivity index (χ1v) is 9.43. The van der Waals surface area contributed by atoms with Crippen LogP contribution in [0.2, 0.25) is 0 Å². The Morgan fingerprint density at radius 2 is 1.96 bits per heavy atom. The summed E-state index contributed by atoms with van der Waals surface area (Å²) in [5, 5.41) is 0. The minimum Gasteiger partial charge on any atom is -0.462 e. The fraction of sp³-hybridized carbons (Fsp3) is 0.800. The predicted molar refractivity (Wildman–Crippen MR) is 87.7 cm³/mol. The highest BCUT2D eigenvalue weighted by atomic mass is 16.5. The second-order valence-corrected chi connectivity index (χ2v) is 8.42. The summed E-state index contributed by atoms with van der Waals surface area (Å²) in [6, 6.07) is 0. The van der Waals surface area contributed by atoms with E-state index in [1.54, 1.807) is 0 Å². The minimum atomic E-state index is -0.134. The van der Waals surface area contributed by atoms with Gasteiger partial charge in [0, 0.05) is 18.8 Å². The molecule has 3 heteroatoms. The van der Waals surface area contributed by atoms with Crippen LogP contribution in [0.1, 0.15) is 71.6 Å². The molecule has 2 fully saturated rings. The van der Waals surface area contributed by atoms with Gasteiger partial charge in [0.2, 0.25) is 0 Å². The van der Waals surface area contributed by atoms with Gasteiger partial charge in [-0.1, -0.05) is 12.5 Å². The summed E-state index contributed by atoms with van der Waals surface area (Å²) < 4.78 is 5.68. The van der Waals surface area contributed by atoms with Crippen LogP contribution in [0.4, 0.5) is 0 Å². The summed E-state index contributed by atoms with van der Waals surface area (Å²) in [4.78, 5) is 23.7. The number of Topliss-reactive ketones (excluding diaryl/α,β-unsaturated/α-hetero) is 1. The van der Waals surface area contributed by atoms with Crippen molar-refractivity contribution in [1.82, 2.24) is 0 Å². The van der Waals surface area contributed by atoms with Crippen LogP contribution in [-0.2, 0) is 14.3 Å². The topological polar surface area (TPSA) is 43.4 Å². The third-order valence-corrected chi connectivity index (χ3v) is 7.41. The third kappa shape index (κ3) is 2.30. The Labute approximate surface area is 138 Å². The van der Waals surface area contributed by atoms with E-state index >= 15 is 0 Å². The molecule has 0 radical (unpaired) electrons. The van der Waals surface area contributed by atoms with Crippen molar-refractivity contribution in [1.29, 1.82) is 0 Å². The van der Waals surface area contributed by atoms with Crippen molar-refractivity contribution in [2.24, 2.45) is 23.2 Å². The van der Waals surface area contributed by atoms with Gasteiger partial charge in [-0.05, 0) is 74.7 Å². The minimum absolute atomic E-state index is 0.106. The summed E-state index contributed by atoms with van der Waals surface area (Å²) in [6.45, 7) is 3.89. The fourth-order valence-electron chi connectivity index (χ4n) is 6.41. The smallest absolute Gasteiger partial charge is 0.302 e. The van der Waals surface area contributed by atoms with Gasteiger partial charge in [-0.25, -0.2) is 0 Å². The lowest BCUT2D eigenvalue weighted by atomic mass is 9.54. The Kier molecular flexibility index (Phi) is 3.66. The van der Waals surface area contributed by atoms with Crippen LogP contribution < -0.4 is 0 Å². The monoisotopic (exact) mass is 316 g/mol. The Bertz CT molecular complexity index is 575. The number of rotatable bonds is 1. The maximum absolute atomic E-state index is 12.3. The van der Waals surface area contributed by atoms with Crippen molar-refractivity contribution >= 4 is 11.8 Å². The molecular formula is C20H28O3. The van der Waals surface area contributed by atoms with E-state index < -0.39 is 0 Å². The van der Waals surface area contributed by atoms with Crippen molar-refractivity contribution in [2.45, 2.75) is 77.7 Å². The van der Waals surface area contributed by atoms with Gasteiger partial charge in [0.25, 0.3) is 0 Å². The molecule has 0 aromatic carbocycles. The van der Waals surface area contributed by atoms with Crippen LogP contribution in [0.5, 0.6) is 0 Å². The summed E-state index contributed by atoms with van der Waals surface area (Å²) >= 11 is 0. The molecule has 0 heterocycles. The standard InChI is InChI=1S/C20H28O3/c1-12(21)23-19-9-8-17-15-6-7-16-13(4-3-5-18(16)22)14(15)10-11-20(17,19)2/h14-15,17,19H,3-11H2,1-2H3/t14-,15-,17+,19+,20+/m1/s1. The predicted octanol–water partition coefficient (Wildman–Crippen LogP) is 4.20. The van der Waals surface area contributed by atoms with Crippen molar-refractivity contribution in [3.63, 3.8) is 0 Å².